The summed E-state index contributed by atoms with van der Waals surface area (Å²) in [4.78, 5) is 20.1. The number of aldehydes is 1. The van der Waals surface area contributed by atoms with Crippen LogP contribution in [0.15, 0.2) is 30.3 Å². The number of amides is 1. The van der Waals surface area contributed by atoms with Crippen LogP contribution in [0.4, 0.5) is 0 Å². The Hall–Kier alpha value is -1.72. The summed E-state index contributed by atoms with van der Waals surface area (Å²) in [5.41, 5.74) is 0.659. The van der Waals surface area contributed by atoms with Gasteiger partial charge in [-0.1, -0.05) is 44.2 Å². The maximum atomic E-state index is 10.1. The van der Waals surface area contributed by atoms with E-state index in [2.05, 4.69) is 31.4 Å². The number of rotatable bonds is 9. The van der Waals surface area contributed by atoms with E-state index < -0.39 is 0 Å². The zero-order valence-corrected chi connectivity index (χ0v) is 16.7. The second kappa shape index (κ2) is 17.1. The van der Waals surface area contributed by atoms with Gasteiger partial charge in [0.2, 0.25) is 6.41 Å². The minimum atomic E-state index is -0.0701. The number of nitrogens with one attached hydrogen (secondary N) is 2. The minimum Gasteiger partial charge on any atom is -0.376 e. The van der Waals surface area contributed by atoms with E-state index in [0.29, 0.717) is 12.6 Å². The van der Waals surface area contributed by atoms with E-state index in [1.807, 2.05) is 39.1 Å². The Morgan fingerprint density at radius 1 is 1.08 bits per heavy atom. The second-order valence-corrected chi connectivity index (χ2v) is 6.12. The number of benzene rings is 1. The number of carbonyl (C=O) groups excluding carboxylic acids is 2. The second-order valence-electron chi connectivity index (χ2n) is 6.12. The number of carbonyl (C=O) groups is 2. The average Bonchev–Trinajstić information content (AvgIpc) is 2.62. The summed E-state index contributed by atoms with van der Waals surface area (Å²) in [5, 5.41) is 5.87. The molecule has 2 N–H and O–H groups in total. The molecule has 1 aromatic rings. The van der Waals surface area contributed by atoms with Crippen LogP contribution in [-0.2, 0) is 9.53 Å². The molecule has 5 nitrogen and oxygen atoms in total. The predicted molar refractivity (Wildman–Crippen MR) is 105 cm³/mol. The Morgan fingerprint density at radius 2 is 1.68 bits per heavy atom. The molecule has 0 aromatic heterocycles. The van der Waals surface area contributed by atoms with Crippen molar-refractivity contribution in [3.05, 3.63) is 35.9 Å². The van der Waals surface area contributed by atoms with E-state index in [4.69, 9.17) is 4.74 Å². The van der Waals surface area contributed by atoms with Gasteiger partial charge in [0, 0.05) is 24.8 Å². The van der Waals surface area contributed by atoms with Crippen molar-refractivity contribution < 1.29 is 14.3 Å². The van der Waals surface area contributed by atoms with Gasteiger partial charge in [-0.3, -0.25) is 9.59 Å². The molecule has 0 radical (unpaired) electrons. The molecule has 0 heterocycles. The Balaban J connectivity index is 0. The molecule has 1 rings (SSSR count). The van der Waals surface area contributed by atoms with Crippen LogP contribution in [0.3, 0.4) is 0 Å². The van der Waals surface area contributed by atoms with E-state index in [0.717, 1.165) is 37.7 Å². The van der Waals surface area contributed by atoms with Gasteiger partial charge < -0.3 is 15.4 Å². The molecule has 0 saturated heterocycles. The van der Waals surface area contributed by atoms with Crippen molar-refractivity contribution in [2.75, 3.05) is 20.2 Å². The lowest BCUT2D eigenvalue weighted by atomic mass is 10.1. The molecule has 1 atom stereocenters. The van der Waals surface area contributed by atoms with E-state index in [9.17, 15) is 9.59 Å². The van der Waals surface area contributed by atoms with Crippen LogP contribution in [0.1, 0.15) is 57.8 Å². The van der Waals surface area contributed by atoms with Crippen molar-refractivity contribution >= 4 is 12.7 Å². The standard InChI is InChI=1S/C11H24N2O2.C7H6O.C2H6/c1-11(2,3)15-8-6-10(12-4)5-7-13-9-14;8-6-7-4-2-1-3-5-7;1-2/h9-10,12H,5-8H2,1-4H3,(H,13,14);1-6H;1-2H3. The zero-order valence-electron chi connectivity index (χ0n) is 16.7. The van der Waals surface area contributed by atoms with E-state index in [-0.39, 0.29) is 5.60 Å². The summed E-state index contributed by atoms with van der Waals surface area (Å²) in [6, 6.07) is 9.50. The highest BCUT2D eigenvalue weighted by Crippen LogP contribution is 2.08. The predicted octanol–water partition coefficient (Wildman–Crippen LogP) is 3.44. The Bertz CT molecular complexity index is 417. The molecule has 0 aliphatic heterocycles. The SMILES string of the molecule is CC.CNC(CCNC=O)CCOC(C)(C)C.O=Cc1ccccc1. The summed E-state index contributed by atoms with van der Waals surface area (Å²) < 4.78 is 5.64. The van der Waals surface area contributed by atoms with Crippen LogP contribution in [0.25, 0.3) is 0 Å². The van der Waals surface area contributed by atoms with E-state index in [1.165, 1.54) is 0 Å². The van der Waals surface area contributed by atoms with Crippen LogP contribution in [0.2, 0.25) is 0 Å². The van der Waals surface area contributed by atoms with E-state index >= 15 is 0 Å². The largest absolute Gasteiger partial charge is 0.376 e. The molecular weight excluding hydrogens is 316 g/mol. The van der Waals surface area contributed by atoms with Gasteiger partial charge in [0.15, 0.2) is 0 Å². The third-order valence-corrected chi connectivity index (χ3v) is 3.07. The van der Waals surface area contributed by atoms with E-state index in [1.54, 1.807) is 12.1 Å². The molecule has 0 aliphatic rings. The monoisotopic (exact) mass is 352 g/mol. The molecule has 0 bridgehead atoms. The molecule has 1 unspecified atom stereocenters. The Morgan fingerprint density at radius 3 is 2.08 bits per heavy atom. The third kappa shape index (κ3) is 18.5. The molecule has 25 heavy (non-hydrogen) atoms. The summed E-state index contributed by atoms with van der Waals surface area (Å²) in [7, 11) is 1.93. The van der Waals surface area contributed by atoms with Crippen molar-refractivity contribution in [1.29, 1.82) is 0 Å². The van der Waals surface area contributed by atoms with Gasteiger partial charge in [-0.05, 0) is 40.7 Å². The van der Waals surface area contributed by atoms with Gasteiger partial charge in [-0.15, -0.1) is 0 Å². The Kier molecular flexibility index (Phi) is 17.5. The van der Waals surface area contributed by atoms with Gasteiger partial charge in [-0.2, -0.15) is 0 Å². The molecule has 1 aromatic carbocycles. The molecule has 0 fully saturated rings. The molecule has 0 spiro atoms. The van der Waals surface area contributed by atoms with Crippen LogP contribution in [0.5, 0.6) is 0 Å². The van der Waals surface area contributed by atoms with Crippen LogP contribution >= 0.6 is 0 Å². The summed E-state index contributed by atoms with van der Waals surface area (Å²) >= 11 is 0. The molecular formula is C20H36N2O3. The van der Waals surface area contributed by atoms with Crippen molar-refractivity contribution in [3.8, 4) is 0 Å². The van der Waals surface area contributed by atoms with Gasteiger partial charge >= 0.3 is 0 Å². The lowest BCUT2D eigenvalue weighted by Gasteiger charge is -2.22. The maximum absolute atomic E-state index is 10.1. The molecule has 0 saturated carbocycles. The highest BCUT2D eigenvalue weighted by Gasteiger charge is 2.11. The molecule has 5 heteroatoms. The highest BCUT2D eigenvalue weighted by atomic mass is 16.5. The number of hydrogen-bond donors (Lipinski definition) is 2. The van der Waals surface area contributed by atoms with Crippen molar-refractivity contribution in [3.63, 3.8) is 0 Å². The fraction of sp³-hybridized carbons (Fsp3) is 0.600. The highest BCUT2D eigenvalue weighted by molar-refractivity contribution is 5.74. The van der Waals surface area contributed by atoms with Crippen LogP contribution < -0.4 is 10.6 Å². The summed E-state index contributed by atoms with van der Waals surface area (Å²) in [6.45, 7) is 11.6. The van der Waals surface area contributed by atoms with Gasteiger partial charge in [0.25, 0.3) is 0 Å². The van der Waals surface area contributed by atoms with Gasteiger partial charge in [-0.25, -0.2) is 0 Å². The number of hydrogen-bond acceptors (Lipinski definition) is 4. The van der Waals surface area contributed by atoms with Crippen LogP contribution in [-0.4, -0.2) is 44.5 Å². The first-order valence-corrected chi connectivity index (χ1v) is 8.91. The summed E-state index contributed by atoms with van der Waals surface area (Å²) in [5.74, 6) is 0. The molecule has 0 aliphatic carbocycles. The van der Waals surface area contributed by atoms with Gasteiger partial charge in [0.05, 0.1) is 5.60 Å². The third-order valence-electron chi connectivity index (χ3n) is 3.07. The van der Waals surface area contributed by atoms with Crippen LogP contribution in [0, 0.1) is 0 Å². The first-order valence-electron chi connectivity index (χ1n) is 8.91. The average molecular weight is 353 g/mol. The molecule has 1 amide bonds. The maximum Gasteiger partial charge on any atom is 0.207 e. The zero-order chi connectivity index (χ0) is 19.6. The van der Waals surface area contributed by atoms with Crippen molar-refractivity contribution in [2.45, 2.75) is 59.1 Å². The first kappa shape index (κ1) is 25.5. The van der Waals surface area contributed by atoms with Crippen molar-refractivity contribution in [2.24, 2.45) is 0 Å². The Labute approximate surface area is 153 Å². The van der Waals surface area contributed by atoms with Gasteiger partial charge in [0.1, 0.15) is 6.29 Å². The normalized spacial score (nSPS) is 11.1. The summed E-state index contributed by atoms with van der Waals surface area (Å²) in [6.07, 6.45) is 3.47. The first-order chi connectivity index (χ1) is 11.9. The molecule has 144 valence electrons. The topological polar surface area (TPSA) is 67.4 Å². The number of ether oxygens (including phenoxy) is 1. The minimum absolute atomic E-state index is 0.0701. The lowest BCUT2D eigenvalue weighted by Crippen LogP contribution is -2.32. The van der Waals surface area contributed by atoms with Crippen molar-refractivity contribution in [1.82, 2.24) is 10.6 Å². The quantitative estimate of drug-likeness (QED) is 0.528. The fourth-order valence-corrected chi connectivity index (χ4v) is 1.79. The lowest BCUT2D eigenvalue weighted by molar-refractivity contribution is -0.109. The smallest absolute Gasteiger partial charge is 0.207 e. The fourth-order valence-electron chi connectivity index (χ4n) is 1.79.